The summed E-state index contributed by atoms with van der Waals surface area (Å²) in [5.41, 5.74) is 4.02. The van der Waals surface area contributed by atoms with E-state index in [1.165, 1.54) is 32.4 Å². The molecule has 1 aliphatic heterocycles. The Morgan fingerprint density at radius 3 is 2.57 bits per heavy atom. The minimum atomic E-state index is 0.416. The third kappa shape index (κ3) is 3.67. The molecular weight excluding hydrogens is 378 g/mol. The van der Waals surface area contributed by atoms with Crippen molar-refractivity contribution in [2.24, 2.45) is 0 Å². The molecule has 8 nitrogen and oxygen atoms in total. The van der Waals surface area contributed by atoms with Crippen molar-refractivity contribution < 1.29 is 4.52 Å². The molecule has 150 valence electrons. The lowest BCUT2D eigenvalue weighted by molar-refractivity contribution is 0.218. The van der Waals surface area contributed by atoms with Crippen LogP contribution in [0.4, 0.5) is 0 Å². The number of piperidine rings is 1. The maximum atomic E-state index is 8.92. The lowest BCUT2D eigenvalue weighted by Gasteiger charge is -2.26. The fraction of sp³-hybridized carbons (Fsp3) is 0.318. The molecule has 5 rings (SSSR count). The van der Waals surface area contributed by atoms with Crippen molar-refractivity contribution in [2.45, 2.75) is 25.8 Å². The Bertz CT molecular complexity index is 1200. The molecule has 0 amide bonds. The molecule has 1 fully saturated rings. The van der Waals surface area contributed by atoms with Crippen LogP contribution in [-0.2, 0) is 6.54 Å². The summed E-state index contributed by atoms with van der Waals surface area (Å²) in [6.07, 6.45) is 3.92. The zero-order valence-electron chi connectivity index (χ0n) is 16.5. The third-order valence-corrected chi connectivity index (χ3v) is 5.54. The lowest BCUT2D eigenvalue weighted by atomic mass is 10.1. The van der Waals surface area contributed by atoms with Gasteiger partial charge in [0.2, 0.25) is 5.82 Å². The standard InChI is InChI=1S/C22H21N7O/c23-15-16-4-6-17(7-5-16)22-24-21(26-30-22)18-8-9-20-19(14-18)25-27-29(20)13-12-28-10-2-1-3-11-28/h4-9,14H,1-3,10-13H2. The fourth-order valence-corrected chi connectivity index (χ4v) is 3.84. The van der Waals surface area contributed by atoms with Crippen LogP contribution in [0, 0.1) is 11.3 Å². The van der Waals surface area contributed by atoms with Gasteiger partial charge < -0.3 is 9.42 Å². The van der Waals surface area contributed by atoms with Crippen LogP contribution in [-0.4, -0.2) is 49.7 Å². The minimum absolute atomic E-state index is 0.416. The van der Waals surface area contributed by atoms with E-state index >= 15 is 0 Å². The van der Waals surface area contributed by atoms with E-state index in [1.54, 1.807) is 24.3 Å². The molecule has 0 spiro atoms. The van der Waals surface area contributed by atoms with Gasteiger partial charge in [-0.2, -0.15) is 10.2 Å². The van der Waals surface area contributed by atoms with E-state index in [0.29, 0.717) is 17.3 Å². The summed E-state index contributed by atoms with van der Waals surface area (Å²) < 4.78 is 7.38. The summed E-state index contributed by atoms with van der Waals surface area (Å²) in [5, 5.41) is 21.7. The number of hydrogen-bond acceptors (Lipinski definition) is 7. The Hall–Kier alpha value is -3.57. The third-order valence-electron chi connectivity index (χ3n) is 5.54. The maximum Gasteiger partial charge on any atom is 0.258 e. The smallest absolute Gasteiger partial charge is 0.258 e. The van der Waals surface area contributed by atoms with Gasteiger partial charge in [-0.15, -0.1) is 5.10 Å². The molecule has 1 saturated heterocycles. The van der Waals surface area contributed by atoms with Crippen molar-refractivity contribution >= 4 is 11.0 Å². The fourth-order valence-electron chi connectivity index (χ4n) is 3.84. The quantitative estimate of drug-likeness (QED) is 0.506. The molecular formula is C22H21N7O. The average Bonchev–Trinajstić information content (AvgIpc) is 3.45. The van der Waals surface area contributed by atoms with Crippen molar-refractivity contribution in [2.75, 3.05) is 19.6 Å². The van der Waals surface area contributed by atoms with Gasteiger partial charge in [0.1, 0.15) is 5.52 Å². The largest absolute Gasteiger partial charge is 0.334 e. The first-order valence-electron chi connectivity index (χ1n) is 10.2. The second-order valence-corrected chi connectivity index (χ2v) is 7.53. The summed E-state index contributed by atoms with van der Waals surface area (Å²) >= 11 is 0. The van der Waals surface area contributed by atoms with Crippen molar-refractivity contribution in [1.29, 1.82) is 5.26 Å². The van der Waals surface area contributed by atoms with Crippen LogP contribution < -0.4 is 0 Å². The van der Waals surface area contributed by atoms with Gasteiger partial charge >= 0.3 is 0 Å². The normalized spacial score (nSPS) is 14.8. The monoisotopic (exact) mass is 399 g/mol. The van der Waals surface area contributed by atoms with Crippen molar-refractivity contribution in [3.63, 3.8) is 0 Å². The Balaban J connectivity index is 1.34. The predicted octanol–water partition coefficient (Wildman–Crippen LogP) is 3.51. The van der Waals surface area contributed by atoms with Crippen molar-refractivity contribution in [3.05, 3.63) is 48.0 Å². The summed E-state index contributed by atoms with van der Waals surface area (Å²) in [6, 6.07) is 15.1. The Morgan fingerprint density at radius 2 is 1.77 bits per heavy atom. The summed E-state index contributed by atoms with van der Waals surface area (Å²) in [4.78, 5) is 6.99. The molecule has 30 heavy (non-hydrogen) atoms. The zero-order valence-corrected chi connectivity index (χ0v) is 16.5. The van der Waals surface area contributed by atoms with Gasteiger partial charge in [0.15, 0.2) is 0 Å². The molecule has 0 bridgehead atoms. The van der Waals surface area contributed by atoms with E-state index in [2.05, 4.69) is 31.4 Å². The van der Waals surface area contributed by atoms with E-state index in [1.807, 2.05) is 22.9 Å². The first-order chi connectivity index (χ1) is 14.8. The van der Waals surface area contributed by atoms with Gasteiger partial charge in [-0.05, 0) is 68.4 Å². The zero-order chi connectivity index (χ0) is 20.3. The molecule has 0 radical (unpaired) electrons. The molecule has 1 aliphatic rings. The van der Waals surface area contributed by atoms with Gasteiger partial charge in [-0.1, -0.05) is 16.8 Å². The van der Waals surface area contributed by atoms with E-state index in [0.717, 1.165) is 35.2 Å². The maximum absolute atomic E-state index is 8.92. The van der Waals surface area contributed by atoms with Crippen LogP contribution in [0.1, 0.15) is 24.8 Å². The number of fused-ring (bicyclic) bond motifs is 1. The van der Waals surface area contributed by atoms with Gasteiger partial charge in [-0.3, -0.25) is 0 Å². The van der Waals surface area contributed by atoms with E-state index in [4.69, 9.17) is 9.78 Å². The van der Waals surface area contributed by atoms with Gasteiger partial charge in [0, 0.05) is 17.7 Å². The van der Waals surface area contributed by atoms with Crippen molar-refractivity contribution in [1.82, 2.24) is 30.0 Å². The van der Waals surface area contributed by atoms with Crippen LogP contribution in [0.2, 0.25) is 0 Å². The highest BCUT2D eigenvalue weighted by Gasteiger charge is 2.14. The van der Waals surface area contributed by atoms with Crippen LogP contribution >= 0.6 is 0 Å². The highest BCUT2D eigenvalue weighted by atomic mass is 16.5. The van der Waals surface area contributed by atoms with Crippen molar-refractivity contribution in [3.8, 4) is 28.9 Å². The van der Waals surface area contributed by atoms with E-state index in [9.17, 15) is 0 Å². The molecule has 2 aromatic heterocycles. The predicted molar refractivity (Wildman–Crippen MR) is 111 cm³/mol. The Kier molecular flexibility index (Phi) is 4.95. The number of rotatable bonds is 5. The molecule has 3 heterocycles. The van der Waals surface area contributed by atoms with Gasteiger partial charge in [-0.25, -0.2) is 4.68 Å². The van der Waals surface area contributed by atoms with E-state index in [-0.39, 0.29) is 0 Å². The number of hydrogen-bond donors (Lipinski definition) is 0. The van der Waals surface area contributed by atoms with Crippen LogP contribution in [0.3, 0.4) is 0 Å². The minimum Gasteiger partial charge on any atom is -0.334 e. The molecule has 0 saturated carbocycles. The molecule has 2 aromatic carbocycles. The molecule has 4 aromatic rings. The highest BCUT2D eigenvalue weighted by molar-refractivity contribution is 5.80. The molecule has 8 heteroatoms. The second-order valence-electron chi connectivity index (χ2n) is 7.53. The number of benzene rings is 2. The first-order valence-corrected chi connectivity index (χ1v) is 10.2. The Morgan fingerprint density at radius 1 is 0.967 bits per heavy atom. The number of nitriles is 1. The second kappa shape index (κ2) is 8.05. The SMILES string of the molecule is N#Cc1ccc(-c2nc(-c3ccc4c(c3)nnn4CCN3CCCCC3)no2)cc1. The number of aromatic nitrogens is 5. The molecule has 0 atom stereocenters. The van der Waals surface area contributed by atoms with Gasteiger partial charge in [0.25, 0.3) is 5.89 Å². The van der Waals surface area contributed by atoms with E-state index < -0.39 is 0 Å². The average molecular weight is 399 g/mol. The van der Waals surface area contributed by atoms with Crippen LogP contribution in [0.5, 0.6) is 0 Å². The summed E-state index contributed by atoms with van der Waals surface area (Å²) in [6.45, 7) is 4.19. The molecule has 0 aliphatic carbocycles. The number of nitrogens with zero attached hydrogens (tertiary/aromatic N) is 7. The lowest BCUT2D eigenvalue weighted by Crippen LogP contribution is -2.32. The summed E-state index contributed by atoms with van der Waals surface area (Å²) in [7, 11) is 0. The van der Waals surface area contributed by atoms with Gasteiger partial charge in [0.05, 0.1) is 23.7 Å². The highest BCUT2D eigenvalue weighted by Crippen LogP contribution is 2.25. The molecule has 0 unspecified atom stereocenters. The van der Waals surface area contributed by atoms with Crippen LogP contribution in [0.25, 0.3) is 33.9 Å². The topological polar surface area (TPSA) is 96.7 Å². The summed E-state index contributed by atoms with van der Waals surface area (Å²) in [5.74, 6) is 0.916. The van der Waals surface area contributed by atoms with Crippen LogP contribution in [0.15, 0.2) is 47.0 Å². The molecule has 0 N–H and O–H groups in total. The number of likely N-dealkylation sites (tertiary alicyclic amines) is 1. The first kappa shape index (κ1) is 18.5. The Labute approximate surface area is 173 Å².